The summed E-state index contributed by atoms with van der Waals surface area (Å²) in [6, 6.07) is 13.0. The van der Waals surface area contributed by atoms with Crippen LogP contribution in [0, 0.1) is 0 Å². The molecule has 0 saturated carbocycles. The molecule has 1 aliphatic heterocycles. The Balaban J connectivity index is 1.95. The quantitative estimate of drug-likeness (QED) is 0.834. The molecule has 0 radical (unpaired) electrons. The molecular formula is C16H10ClNO3S. The summed E-state index contributed by atoms with van der Waals surface area (Å²) in [4.78, 5) is 25.9. The highest BCUT2D eigenvalue weighted by molar-refractivity contribution is 8.19. The number of nitrogens with zero attached hydrogens (tertiary/aromatic N) is 1. The minimum Gasteiger partial charge on any atom is -0.508 e. The third kappa shape index (κ3) is 2.86. The van der Waals surface area contributed by atoms with Gasteiger partial charge in [0.1, 0.15) is 5.75 Å². The molecule has 22 heavy (non-hydrogen) atoms. The van der Waals surface area contributed by atoms with Crippen molar-refractivity contribution >= 4 is 46.3 Å². The van der Waals surface area contributed by atoms with Gasteiger partial charge in [0, 0.05) is 5.02 Å². The SMILES string of the molecule is O=C1S/C(=C\c2cccc(O)c2)C(=O)N1c1cccc(Cl)c1. The fraction of sp³-hybridized carbons (Fsp3) is 0. The van der Waals surface area contributed by atoms with Gasteiger partial charge in [0.05, 0.1) is 10.6 Å². The van der Waals surface area contributed by atoms with Crippen molar-refractivity contribution in [2.45, 2.75) is 0 Å². The molecule has 2 amide bonds. The number of aromatic hydroxyl groups is 1. The molecule has 0 bridgehead atoms. The van der Waals surface area contributed by atoms with Gasteiger partial charge < -0.3 is 5.11 Å². The van der Waals surface area contributed by atoms with E-state index in [2.05, 4.69) is 0 Å². The molecule has 0 aromatic heterocycles. The molecule has 4 nitrogen and oxygen atoms in total. The van der Waals surface area contributed by atoms with Crippen molar-refractivity contribution in [3.8, 4) is 5.75 Å². The van der Waals surface area contributed by atoms with E-state index in [1.54, 1.807) is 42.5 Å². The number of phenolic OH excluding ortho intramolecular Hbond substituents is 1. The zero-order chi connectivity index (χ0) is 15.7. The van der Waals surface area contributed by atoms with E-state index < -0.39 is 5.91 Å². The summed E-state index contributed by atoms with van der Waals surface area (Å²) >= 11 is 6.76. The maximum atomic E-state index is 12.4. The largest absolute Gasteiger partial charge is 0.508 e. The van der Waals surface area contributed by atoms with Crippen LogP contribution in [0.4, 0.5) is 10.5 Å². The van der Waals surface area contributed by atoms with Gasteiger partial charge in [-0.05, 0) is 53.7 Å². The first-order chi connectivity index (χ1) is 10.5. The standard InChI is InChI=1S/C16H10ClNO3S/c17-11-4-2-5-12(9-11)18-15(20)14(22-16(18)21)8-10-3-1-6-13(19)7-10/h1-9,19H/b14-8-. The smallest absolute Gasteiger partial charge is 0.298 e. The molecule has 2 aromatic rings. The first-order valence-electron chi connectivity index (χ1n) is 6.37. The van der Waals surface area contributed by atoms with E-state index in [0.717, 1.165) is 16.7 Å². The summed E-state index contributed by atoms with van der Waals surface area (Å²) in [6.45, 7) is 0. The lowest BCUT2D eigenvalue weighted by atomic mass is 10.2. The number of phenols is 1. The normalized spacial score (nSPS) is 16.6. The first-order valence-corrected chi connectivity index (χ1v) is 7.56. The third-order valence-electron chi connectivity index (χ3n) is 3.03. The maximum absolute atomic E-state index is 12.4. The highest BCUT2D eigenvalue weighted by atomic mass is 35.5. The van der Waals surface area contributed by atoms with Gasteiger partial charge in [0.25, 0.3) is 11.1 Å². The number of rotatable bonds is 2. The van der Waals surface area contributed by atoms with Crippen LogP contribution in [0.1, 0.15) is 5.56 Å². The summed E-state index contributed by atoms with van der Waals surface area (Å²) in [5, 5.41) is 9.53. The lowest BCUT2D eigenvalue weighted by Gasteiger charge is -2.12. The number of amides is 2. The van der Waals surface area contributed by atoms with Gasteiger partial charge in [-0.3, -0.25) is 9.59 Å². The van der Waals surface area contributed by atoms with Crippen LogP contribution in [-0.2, 0) is 4.79 Å². The van der Waals surface area contributed by atoms with Crippen LogP contribution in [0.5, 0.6) is 5.75 Å². The first kappa shape index (κ1) is 14.7. The lowest BCUT2D eigenvalue weighted by molar-refractivity contribution is -0.113. The molecule has 0 atom stereocenters. The molecule has 2 aromatic carbocycles. The van der Waals surface area contributed by atoms with Gasteiger partial charge in [-0.1, -0.05) is 29.8 Å². The number of hydrogen-bond acceptors (Lipinski definition) is 4. The average molecular weight is 332 g/mol. The van der Waals surface area contributed by atoms with Crippen LogP contribution in [0.15, 0.2) is 53.4 Å². The molecule has 3 rings (SSSR count). The summed E-state index contributed by atoms with van der Waals surface area (Å²) in [5.74, 6) is -0.302. The minimum absolute atomic E-state index is 0.0998. The Hall–Kier alpha value is -2.24. The maximum Gasteiger partial charge on any atom is 0.298 e. The van der Waals surface area contributed by atoms with Gasteiger partial charge in [0.2, 0.25) is 0 Å². The Morgan fingerprint density at radius 1 is 1.09 bits per heavy atom. The van der Waals surface area contributed by atoms with E-state index in [4.69, 9.17) is 11.6 Å². The molecule has 1 fully saturated rings. The molecule has 1 N–H and O–H groups in total. The number of imide groups is 1. The van der Waals surface area contributed by atoms with E-state index in [0.29, 0.717) is 21.2 Å². The predicted octanol–water partition coefficient (Wildman–Crippen LogP) is 4.29. The van der Waals surface area contributed by atoms with Crippen LogP contribution >= 0.6 is 23.4 Å². The monoisotopic (exact) mass is 331 g/mol. The van der Waals surface area contributed by atoms with Gasteiger partial charge in [-0.25, -0.2) is 4.90 Å². The van der Waals surface area contributed by atoms with E-state index in [-0.39, 0.29) is 11.0 Å². The highest BCUT2D eigenvalue weighted by Crippen LogP contribution is 2.36. The number of halogens is 1. The lowest BCUT2D eigenvalue weighted by Crippen LogP contribution is -2.27. The van der Waals surface area contributed by atoms with Crippen molar-refractivity contribution < 1.29 is 14.7 Å². The van der Waals surface area contributed by atoms with Crippen LogP contribution < -0.4 is 4.90 Å². The summed E-state index contributed by atoms with van der Waals surface area (Å²) in [6.07, 6.45) is 1.58. The van der Waals surface area contributed by atoms with E-state index in [9.17, 15) is 14.7 Å². The zero-order valence-electron chi connectivity index (χ0n) is 11.2. The molecule has 110 valence electrons. The van der Waals surface area contributed by atoms with E-state index in [1.807, 2.05) is 0 Å². The van der Waals surface area contributed by atoms with Gasteiger partial charge >= 0.3 is 0 Å². The molecular weight excluding hydrogens is 322 g/mol. The van der Waals surface area contributed by atoms with Crippen molar-refractivity contribution in [1.29, 1.82) is 0 Å². The average Bonchev–Trinajstić information content (AvgIpc) is 2.73. The Kier molecular flexibility index (Phi) is 3.92. The van der Waals surface area contributed by atoms with Gasteiger partial charge in [-0.2, -0.15) is 0 Å². The second kappa shape index (κ2) is 5.87. The predicted molar refractivity (Wildman–Crippen MR) is 88.0 cm³/mol. The molecule has 6 heteroatoms. The van der Waals surface area contributed by atoms with E-state index in [1.165, 1.54) is 12.1 Å². The molecule has 1 aliphatic rings. The van der Waals surface area contributed by atoms with Crippen molar-refractivity contribution in [1.82, 2.24) is 0 Å². The number of thioether (sulfide) groups is 1. The number of anilines is 1. The van der Waals surface area contributed by atoms with Crippen molar-refractivity contribution in [2.24, 2.45) is 0 Å². The zero-order valence-corrected chi connectivity index (χ0v) is 12.8. The Bertz CT molecular complexity index is 803. The molecule has 1 heterocycles. The second-order valence-corrected chi connectivity index (χ2v) is 6.02. The van der Waals surface area contributed by atoms with Crippen LogP contribution in [0.25, 0.3) is 6.08 Å². The van der Waals surface area contributed by atoms with Crippen molar-refractivity contribution in [2.75, 3.05) is 4.90 Å². The molecule has 0 spiro atoms. The Morgan fingerprint density at radius 2 is 1.86 bits per heavy atom. The third-order valence-corrected chi connectivity index (χ3v) is 4.13. The summed E-state index contributed by atoms with van der Waals surface area (Å²) < 4.78 is 0. The molecule has 0 unspecified atom stereocenters. The highest BCUT2D eigenvalue weighted by Gasteiger charge is 2.36. The van der Waals surface area contributed by atoms with Crippen LogP contribution in [0.2, 0.25) is 5.02 Å². The number of benzene rings is 2. The van der Waals surface area contributed by atoms with Crippen LogP contribution in [-0.4, -0.2) is 16.3 Å². The van der Waals surface area contributed by atoms with Crippen molar-refractivity contribution in [3.63, 3.8) is 0 Å². The van der Waals surface area contributed by atoms with Gasteiger partial charge in [0.15, 0.2) is 0 Å². The summed E-state index contributed by atoms with van der Waals surface area (Å²) in [5.41, 5.74) is 1.09. The topological polar surface area (TPSA) is 57.6 Å². The number of hydrogen-bond donors (Lipinski definition) is 1. The number of carbonyl (C=O) groups excluding carboxylic acids is 2. The summed E-state index contributed by atoms with van der Waals surface area (Å²) in [7, 11) is 0. The second-order valence-electron chi connectivity index (χ2n) is 4.59. The Labute approximate surface area is 136 Å². The Morgan fingerprint density at radius 3 is 2.59 bits per heavy atom. The van der Waals surface area contributed by atoms with E-state index >= 15 is 0 Å². The van der Waals surface area contributed by atoms with Crippen LogP contribution in [0.3, 0.4) is 0 Å². The molecule has 0 aliphatic carbocycles. The van der Waals surface area contributed by atoms with Crippen molar-refractivity contribution in [3.05, 3.63) is 64.0 Å². The van der Waals surface area contributed by atoms with Gasteiger partial charge in [-0.15, -0.1) is 0 Å². The number of carbonyl (C=O) groups is 2. The molecule has 1 saturated heterocycles. The fourth-order valence-corrected chi connectivity index (χ4v) is 3.10. The minimum atomic E-state index is -0.402. The fourth-order valence-electron chi connectivity index (χ4n) is 2.07.